The van der Waals surface area contributed by atoms with Crippen LogP contribution in [-0.2, 0) is 6.42 Å². The first-order valence-electron chi connectivity index (χ1n) is 8.11. The van der Waals surface area contributed by atoms with Crippen LogP contribution in [0.1, 0.15) is 51.7 Å². The maximum absolute atomic E-state index is 12.6. The number of carbonyl (C=O) groups is 2. The van der Waals surface area contributed by atoms with Gasteiger partial charge in [-0.3, -0.25) is 20.0 Å². The van der Waals surface area contributed by atoms with Crippen molar-refractivity contribution in [3.8, 4) is 0 Å². The van der Waals surface area contributed by atoms with Gasteiger partial charge in [0.05, 0.1) is 16.1 Å². The molecule has 0 fully saturated rings. The van der Waals surface area contributed by atoms with E-state index in [0.29, 0.717) is 22.1 Å². The Morgan fingerprint density at radius 1 is 1.32 bits per heavy atom. The monoisotopic (exact) mass is 354 g/mol. The van der Waals surface area contributed by atoms with Crippen molar-refractivity contribution >= 4 is 39.1 Å². The summed E-state index contributed by atoms with van der Waals surface area (Å²) in [6.45, 7) is 6.09. The second-order valence-corrected chi connectivity index (χ2v) is 8.31. The molecule has 0 radical (unpaired) electrons. The van der Waals surface area contributed by atoms with Crippen LogP contribution in [-0.4, -0.2) is 26.9 Å². The molecular formula is C18H18N4O2S. The van der Waals surface area contributed by atoms with Gasteiger partial charge in [-0.2, -0.15) is 5.10 Å². The fraction of sp³-hybridized carbons (Fsp3) is 0.333. The summed E-state index contributed by atoms with van der Waals surface area (Å²) in [5.41, 5.74) is 2.89. The number of carbonyl (C=O) groups excluding carboxylic acids is 2. The number of Topliss-reactive ketones (excluding diaryl/α,β-unsaturated/α-hetero) is 1. The molecule has 1 aliphatic carbocycles. The van der Waals surface area contributed by atoms with Crippen LogP contribution in [0.15, 0.2) is 18.2 Å². The molecule has 7 heteroatoms. The summed E-state index contributed by atoms with van der Waals surface area (Å²) in [4.78, 5) is 30.0. The summed E-state index contributed by atoms with van der Waals surface area (Å²) in [6.07, 6.45) is 1.25. The number of anilines is 1. The number of thiazole rings is 1. The van der Waals surface area contributed by atoms with E-state index in [-0.39, 0.29) is 17.1 Å². The second kappa shape index (κ2) is 5.49. The van der Waals surface area contributed by atoms with Gasteiger partial charge in [0, 0.05) is 11.8 Å². The topological polar surface area (TPSA) is 87.7 Å². The number of hydrogen-bond donors (Lipinski definition) is 2. The molecule has 0 aliphatic heterocycles. The predicted octanol–water partition coefficient (Wildman–Crippen LogP) is 3.74. The summed E-state index contributed by atoms with van der Waals surface area (Å²) in [6, 6.07) is 5.79. The lowest BCUT2D eigenvalue weighted by Crippen LogP contribution is -2.26. The minimum atomic E-state index is -0.324. The number of H-pyrrole nitrogens is 1. The molecule has 1 amide bonds. The Morgan fingerprint density at radius 3 is 2.92 bits per heavy atom. The molecule has 2 N–H and O–H groups in total. The van der Waals surface area contributed by atoms with Crippen molar-refractivity contribution in [1.82, 2.24) is 15.2 Å². The van der Waals surface area contributed by atoms with E-state index in [9.17, 15) is 9.59 Å². The number of aromatic amines is 1. The first-order valence-corrected chi connectivity index (χ1v) is 8.93. The third kappa shape index (κ3) is 2.84. The number of rotatable bonds is 2. The zero-order chi connectivity index (χ0) is 17.8. The standard InChI is InChI=1S/C18H18N4O2S/c1-9-4-5-11-10(6-9)14(22-21-11)16(24)20-17-19-12-7-18(2,3)8-13(23)15(12)25-17/h4-6H,7-8H2,1-3H3,(H,21,22)(H,19,20,24). The zero-order valence-corrected chi connectivity index (χ0v) is 15.1. The Kier molecular flexibility index (Phi) is 3.50. The van der Waals surface area contributed by atoms with Gasteiger partial charge in [0.25, 0.3) is 5.91 Å². The number of aryl methyl sites for hydroxylation is 1. The van der Waals surface area contributed by atoms with E-state index in [0.717, 1.165) is 28.6 Å². The third-order valence-corrected chi connectivity index (χ3v) is 5.44. The first-order chi connectivity index (χ1) is 11.8. The lowest BCUT2D eigenvalue weighted by Gasteiger charge is -2.26. The van der Waals surface area contributed by atoms with E-state index in [1.54, 1.807) is 0 Å². The quantitative estimate of drug-likeness (QED) is 0.734. The smallest absolute Gasteiger partial charge is 0.278 e. The van der Waals surface area contributed by atoms with E-state index in [2.05, 4.69) is 34.3 Å². The Hall–Kier alpha value is -2.54. The average Bonchev–Trinajstić information content (AvgIpc) is 3.09. The number of fused-ring (bicyclic) bond motifs is 2. The van der Waals surface area contributed by atoms with Gasteiger partial charge in [0.1, 0.15) is 0 Å². The highest BCUT2D eigenvalue weighted by Crippen LogP contribution is 2.38. The molecule has 128 valence electrons. The van der Waals surface area contributed by atoms with Crippen molar-refractivity contribution in [2.45, 2.75) is 33.6 Å². The van der Waals surface area contributed by atoms with Gasteiger partial charge in [-0.05, 0) is 30.9 Å². The van der Waals surface area contributed by atoms with Crippen molar-refractivity contribution in [3.63, 3.8) is 0 Å². The minimum Gasteiger partial charge on any atom is -0.296 e. The van der Waals surface area contributed by atoms with Crippen LogP contribution in [0.2, 0.25) is 0 Å². The summed E-state index contributed by atoms with van der Waals surface area (Å²) in [5.74, 6) is -0.222. The molecule has 1 aromatic carbocycles. The van der Waals surface area contributed by atoms with E-state index >= 15 is 0 Å². The number of hydrogen-bond acceptors (Lipinski definition) is 5. The highest BCUT2D eigenvalue weighted by Gasteiger charge is 2.34. The molecular weight excluding hydrogens is 336 g/mol. The SMILES string of the molecule is Cc1ccc2[nH]nc(C(=O)Nc3nc4c(s3)C(=O)CC(C)(C)C4)c2c1. The lowest BCUT2D eigenvalue weighted by molar-refractivity contribution is 0.0915. The maximum atomic E-state index is 12.6. The minimum absolute atomic E-state index is 0.0879. The van der Waals surface area contributed by atoms with Crippen LogP contribution in [0, 0.1) is 12.3 Å². The Bertz CT molecular complexity index is 1020. The van der Waals surface area contributed by atoms with Gasteiger partial charge in [0.2, 0.25) is 0 Å². The van der Waals surface area contributed by atoms with Gasteiger partial charge in [0.15, 0.2) is 16.6 Å². The van der Waals surface area contributed by atoms with Crippen molar-refractivity contribution in [1.29, 1.82) is 0 Å². The molecule has 0 spiro atoms. The van der Waals surface area contributed by atoms with Crippen molar-refractivity contribution in [2.75, 3.05) is 5.32 Å². The number of aromatic nitrogens is 3. The van der Waals surface area contributed by atoms with Crippen LogP contribution >= 0.6 is 11.3 Å². The Morgan fingerprint density at radius 2 is 2.12 bits per heavy atom. The van der Waals surface area contributed by atoms with Gasteiger partial charge in [-0.25, -0.2) is 4.98 Å². The Labute approximate surface area is 148 Å². The van der Waals surface area contributed by atoms with Gasteiger partial charge in [-0.15, -0.1) is 0 Å². The summed E-state index contributed by atoms with van der Waals surface area (Å²) in [7, 11) is 0. The molecule has 4 rings (SSSR count). The molecule has 6 nitrogen and oxygen atoms in total. The largest absolute Gasteiger partial charge is 0.296 e. The fourth-order valence-corrected chi connectivity index (χ4v) is 4.15. The molecule has 0 unspecified atom stereocenters. The van der Waals surface area contributed by atoms with Crippen molar-refractivity contribution < 1.29 is 9.59 Å². The molecule has 0 bridgehead atoms. The van der Waals surface area contributed by atoms with E-state index < -0.39 is 0 Å². The van der Waals surface area contributed by atoms with Gasteiger partial charge in [-0.1, -0.05) is 36.8 Å². The summed E-state index contributed by atoms with van der Waals surface area (Å²) >= 11 is 1.25. The van der Waals surface area contributed by atoms with Crippen LogP contribution < -0.4 is 5.32 Å². The van der Waals surface area contributed by atoms with Gasteiger partial charge < -0.3 is 0 Å². The summed E-state index contributed by atoms with van der Waals surface area (Å²) < 4.78 is 0. The normalized spacial score (nSPS) is 16.0. The molecule has 3 aromatic rings. The fourth-order valence-electron chi connectivity index (χ4n) is 3.23. The van der Waals surface area contributed by atoms with Gasteiger partial charge >= 0.3 is 0 Å². The highest BCUT2D eigenvalue weighted by atomic mass is 32.1. The molecule has 2 heterocycles. The van der Waals surface area contributed by atoms with E-state index in [1.165, 1.54) is 11.3 Å². The highest BCUT2D eigenvalue weighted by molar-refractivity contribution is 7.17. The van der Waals surface area contributed by atoms with Crippen LogP contribution in [0.25, 0.3) is 10.9 Å². The number of nitrogens with zero attached hydrogens (tertiary/aromatic N) is 2. The molecule has 25 heavy (non-hydrogen) atoms. The van der Waals surface area contributed by atoms with Crippen LogP contribution in [0.5, 0.6) is 0 Å². The zero-order valence-electron chi connectivity index (χ0n) is 14.3. The summed E-state index contributed by atoms with van der Waals surface area (Å²) in [5, 5.41) is 11.0. The van der Waals surface area contributed by atoms with E-state index in [4.69, 9.17) is 0 Å². The third-order valence-electron chi connectivity index (χ3n) is 4.39. The lowest BCUT2D eigenvalue weighted by atomic mass is 9.78. The molecule has 1 aliphatic rings. The molecule has 0 saturated heterocycles. The number of nitrogens with one attached hydrogen (secondary N) is 2. The molecule has 2 aromatic heterocycles. The molecule has 0 saturated carbocycles. The first kappa shape index (κ1) is 16.0. The number of benzene rings is 1. The Balaban J connectivity index is 1.63. The number of ketones is 1. The maximum Gasteiger partial charge on any atom is 0.278 e. The number of amides is 1. The van der Waals surface area contributed by atoms with E-state index in [1.807, 2.05) is 25.1 Å². The molecule has 0 atom stereocenters. The van der Waals surface area contributed by atoms with Crippen molar-refractivity contribution in [3.05, 3.63) is 40.0 Å². The second-order valence-electron chi connectivity index (χ2n) is 7.31. The van der Waals surface area contributed by atoms with Crippen molar-refractivity contribution in [2.24, 2.45) is 5.41 Å². The average molecular weight is 354 g/mol. The van der Waals surface area contributed by atoms with Crippen LogP contribution in [0.4, 0.5) is 5.13 Å². The van der Waals surface area contributed by atoms with Crippen LogP contribution in [0.3, 0.4) is 0 Å². The predicted molar refractivity (Wildman–Crippen MR) is 97.3 cm³/mol.